The van der Waals surface area contributed by atoms with Gasteiger partial charge in [0.2, 0.25) is 5.91 Å². The largest absolute Gasteiger partial charge is 0.466 e. The monoisotopic (exact) mass is 986 g/mol. The van der Waals surface area contributed by atoms with Gasteiger partial charge in [-0.1, -0.05) is 301 Å². The standard InChI is InChI=1S/C64H123NO5/c1-3-5-7-9-11-13-15-17-29-34-38-42-46-50-54-58-64(69)70-59-55-51-47-43-39-35-31-28-26-24-22-20-18-19-21-23-25-27-30-33-37-41-45-49-53-57-63(68)65-61(60-66)62(67)56-52-48-44-40-36-32-16-14-12-10-8-6-4-2/h11,13,17,29,61-62,66-67H,3-10,12,14-16,18-28,30-60H2,1-2H3,(H,65,68)/b13-11-,29-17-. The lowest BCUT2D eigenvalue weighted by Crippen LogP contribution is -2.45. The highest BCUT2D eigenvalue weighted by Crippen LogP contribution is 2.18. The molecule has 2 unspecified atom stereocenters. The van der Waals surface area contributed by atoms with E-state index in [0.29, 0.717) is 25.9 Å². The van der Waals surface area contributed by atoms with E-state index in [1.807, 2.05) is 0 Å². The van der Waals surface area contributed by atoms with Crippen molar-refractivity contribution in [3.05, 3.63) is 24.3 Å². The minimum Gasteiger partial charge on any atom is -0.466 e. The maximum absolute atomic E-state index is 12.5. The quantitative estimate of drug-likeness (QED) is 0.0321. The van der Waals surface area contributed by atoms with E-state index in [9.17, 15) is 19.8 Å². The molecular formula is C64H123NO5. The highest BCUT2D eigenvalue weighted by molar-refractivity contribution is 5.76. The number of esters is 1. The molecular weight excluding hydrogens is 863 g/mol. The zero-order valence-electron chi connectivity index (χ0n) is 47.3. The molecule has 0 aromatic carbocycles. The van der Waals surface area contributed by atoms with Gasteiger partial charge >= 0.3 is 5.97 Å². The first-order chi connectivity index (χ1) is 34.5. The molecule has 0 aliphatic carbocycles. The van der Waals surface area contributed by atoms with Crippen LogP contribution in [0.1, 0.15) is 348 Å². The molecule has 3 N–H and O–H groups in total. The molecule has 0 saturated carbocycles. The molecule has 0 heterocycles. The van der Waals surface area contributed by atoms with Gasteiger partial charge < -0.3 is 20.3 Å². The van der Waals surface area contributed by atoms with E-state index in [2.05, 4.69) is 43.5 Å². The van der Waals surface area contributed by atoms with E-state index < -0.39 is 12.1 Å². The summed E-state index contributed by atoms with van der Waals surface area (Å²) in [4.78, 5) is 24.5. The maximum Gasteiger partial charge on any atom is 0.305 e. The lowest BCUT2D eigenvalue weighted by Gasteiger charge is -2.22. The Labute approximate surface area is 437 Å². The summed E-state index contributed by atoms with van der Waals surface area (Å²) >= 11 is 0. The van der Waals surface area contributed by atoms with Crippen LogP contribution >= 0.6 is 0 Å². The van der Waals surface area contributed by atoms with Crippen molar-refractivity contribution in [3.63, 3.8) is 0 Å². The van der Waals surface area contributed by atoms with E-state index in [0.717, 1.165) is 51.4 Å². The number of carbonyl (C=O) groups is 2. The summed E-state index contributed by atoms with van der Waals surface area (Å²) in [7, 11) is 0. The molecule has 70 heavy (non-hydrogen) atoms. The van der Waals surface area contributed by atoms with E-state index in [4.69, 9.17) is 4.74 Å². The summed E-state index contributed by atoms with van der Waals surface area (Å²) in [6.07, 6.45) is 73.4. The minimum absolute atomic E-state index is 0.00270. The van der Waals surface area contributed by atoms with Gasteiger partial charge in [-0.2, -0.15) is 0 Å². The number of amides is 1. The van der Waals surface area contributed by atoms with E-state index in [1.165, 1.54) is 263 Å². The fourth-order valence-corrected chi connectivity index (χ4v) is 9.91. The molecule has 0 aliphatic heterocycles. The number of carbonyl (C=O) groups excluding carboxylic acids is 2. The van der Waals surface area contributed by atoms with Crippen LogP contribution in [0.25, 0.3) is 0 Å². The molecule has 1 amide bonds. The van der Waals surface area contributed by atoms with E-state index in [-0.39, 0.29) is 18.5 Å². The van der Waals surface area contributed by atoms with Gasteiger partial charge in [0.05, 0.1) is 25.4 Å². The lowest BCUT2D eigenvalue weighted by molar-refractivity contribution is -0.143. The summed E-state index contributed by atoms with van der Waals surface area (Å²) < 4.78 is 5.48. The van der Waals surface area contributed by atoms with Gasteiger partial charge in [0, 0.05) is 12.8 Å². The second-order valence-corrected chi connectivity index (χ2v) is 21.7. The van der Waals surface area contributed by atoms with Gasteiger partial charge in [0.25, 0.3) is 0 Å². The van der Waals surface area contributed by atoms with Crippen LogP contribution in [0, 0.1) is 0 Å². The van der Waals surface area contributed by atoms with Gasteiger partial charge in [0.15, 0.2) is 0 Å². The van der Waals surface area contributed by atoms with Gasteiger partial charge in [-0.05, 0) is 57.8 Å². The molecule has 0 fully saturated rings. The Hall–Kier alpha value is -1.66. The molecule has 0 rings (SSSR count). The normalized spacial score (nSPS) is 12.7. The van der Waals surface area contributed by atoms with Crippen molar-refractivity contribution < 1.29 is 24.5 Å². The van der Waals surface area contributed by atoms with Crippen LogP contribution in [0.15, 0.2) is 24.3 Å². The fraction of sp³-hybridized carbons (Fsp3) is 0.906. The molecule has 6 nitrogen and oxygen atoms in total. The van der Waals surface area contributed by atoms with Gasteiger partial charge in [-0.3, -0.25) is 9.59 Å². The highest BCUT2D eigenvalue weighted by atomic mass is 16.5. The van der Waals surface area contributed by atoms with Crippen LogP contribution in [-0.2, 0) is 14.3 Å². The molecule has 2 atom stereocenters. The Balaban J connectivity index is 3.35. The van der Waals surface area contributed by atoms with Crippen LogP contribution in [0.4, 0.5) is 0 Å². The molecule has 414 valence electrons. The van der Waals surface area contributed by atoms with Crippen molar-refractivity contribution in [1.29, 1.82) is 0 Å². The second-order valence-electron chi connectivity index (χ2n) is 21.7. The second kappa shape index (κ2) is 59.9. The Kier molecular flexibility index (Phi) is 58.5. The summed E-state index contributed by atoms with van der Waals surface area (Å²) in [6.45, 7) is 4.94. The zero-order valence-corrected chi connectivity index (χ0v) is 47.3. The summed E-state index contributed by atoms with van der Waals surface area (Å²) in [5, 5.41) is 23.3. The maximum atomic E-state index is 12.5. The van der Waals surface area contributed by atoms with E-state index in [1.54, 1.807) is 0 Å². The third kappa shape index (κ3) is 55.7. The molecule has 0 radical (unpaired) electrons. The number of hydrogen-bond acceptors (Lipinski definition) is 5. The molecule has 0 saturated heterocycles. The van der Waals surface area contributed by atoms with Crippen molar-refractivity contribution in [2.75, 3.05) is 13.2 Å². The van der Waals surface area contributed by atoms with Crippen LogP contribution in [0.2, 0.25) is 0 Å². The molecule has 0 aromatic rings. The molecule has 0 aliphatic rings. The smallest absolute Gasteiger partial charge is 0.305 e. The van der Waals surface area contributed by atoms with Crippen molar-refractivity contribution in [2.45, 2.75) is 360 Å². The zero-order chi connectivity index (χ0) is 50.7. The average Bonchev–Trinajstić information content (AvgIpc) is 3.36. The van der Waals surface area contributed by atoms with Crippen molar-refractivity contribution in [2.24, 2.45) is 0 Å². The topological polar surface area (TPSA) is 95.9 Å². The van der Waals surface area contributed by atoms with Gasteiger partial charge in [-0.15, -0.1) is 0 Å². The summed E-state index contributed by atoms with van der Waals surface area (Å²) in [6, 6.07) is -0.539. The predicted molar refractivity (Wildman–Crippen MR) is 306 cm³/mol. The molecule has 0 spiro atoms. The third-order valence-electron chi connectivity index (χ3n) is 14.8. The van der Waals surface area contributed by atoms with Gasteiger partial charge in [-0.25, -0.2) is 0 Å². The highest BCUT2D eigenvalue weighted by Gasteiger charge is 2.20. The minimum atomic E-state index is -0.662. The number of ether oxygens (including phenoxy) is 1. The summed E-state index contributed by atoms with van der Waals surface area (Å²) in [5.41, 5.74) is 0. The van der Waals surface area contributed by atoms with Crippen molar-refractivity contribution >= 4 is 11.9 Å². The van der Waals surface area contributed by atoms with Crippen LogP contribution < -0.4 is 5.32 Å². The Morgan fingerprint density at radius 1 is 0.400 bits per heavy atom. The molecule has 0 aromatic heterocycles. The number of rotatable bonds is 59. The lowest BCUT2D eigenvalue weighted by atomic mass is 10.0. The van der Waals surface area contributed by atoms with Crippen LogP contribution in [0.5, 0.6) is 0 Å². The summed E-state index contributed by atoms with van der Waals surface area (Å²) in [5.74, 6) is -0.0293. The van der Waals surface area contributed by atoms with Crippen molar-refractivity contribution in [1.82, 2.24) is 5.32 Å². The molecule has 0 bridgehead atoms. The number of hydrogen-bond donors (Lipinski definition) is 3. The number of aliphatic hydroxyl groups excluding tert-OH is 2. The number of aliphatic hydroxyl groups is 2. The van der Waals surface area contributed by atoms with Crippen LogP contribution in [-0.4, -0.2) is 47.4 Å². The fourth-order valence-electron chi connectivity index (χ4n) is 9.91. The van der Waals surface area contributed by atoms with E-state index >= 15 is 0 Å². The van der Waals surface area contributed by atoms with Crippen LogP contribution in [0.3, 0.4) is 0 Å². The van der Waals surface area contributed by atoms with Crippen molar-refractivity contribution in [3.8, 4) is 0 Å². The number of unbranched alkanes of at least 4 members (excludes halogenated alkanes) is 44. The first-order valence-electron chi connectivity index (χ1n) is 31.6. The first-order valence-corrected chi connectivity index (χ1v) is 31.6. The Morgan fingerprint density at radius 2 is 0.714 bits per heavy atom. The van der Waals surface area contributed by atoms with Gasteiger partial charge in [0.1, 0.15) is 0 Å². The Morgan fingerprint density at radius 3 is 1.11 bits per heavy atom. The average molecular weight is 987 g/mol. The third-order valence-corrected chi connectivity index (χ3v) is 14.8. The number of allylic oxidation sites excluding steroid dienone is 4. The SMILES string of the molecule is CCCCC/C=C\C/C=C\CCCCCCCC(=O)OCCCCCCCCCCCCCCCCCCCCCCCCCCCC(=O)NC(CO)C(O)CCCCCCCCCCCCCCC. The predicted octanol–water partition coefficient (Wildman–Crippen LogP) is 19.8. The molecule has 6 heteroatoms. The Bertz CT molecular complexity index is 1090. The number of nitrogens with one attached hydrogen (secondary N) is 1. The first kappa shape index (κ1) is 68.3.